The molecule has 2 heterocycles. The molecular weight excluding hydrogens is 206 g/mol. The topological polar surface area (TPSA) is 62.7 Å². The van der Waals surface area contributed by atoms with Crippen molar-refractivity contribution in [2.45, 2.75) is 32.2 Å². The van der Waals surface area contributed by atoms with Gasteiger partial charge in [-0.3, -0.25) is 15.1 Å². The number of carbonyl (C=O) groups excluding carboxylic acids is 1. The lowest BCUT2D eigenvalue weighted by molar-refractivity contribution is -0.122. The van der Waals surface area contributed by atoms with E-state index in [1.165, 1.54) is 0 Å². The van der Waals surface area contributed by atoms with Gasteiger partial charge < -0.3 is 10.1 Å². The zero-order valence-electron chi connectivity index (χ0n) is 9.66. The van der Waals surface area contributed by atoms with Crippen LogP contribution in [0.15, 0.2) is 4.99 Å². The monoisotopic (exact) mass is 225 g/mol. The Kier molecular flexibility index (Phi) is 3.77. The van der Waals surface area contributed by atoms with E-state index in [1.807, 2.05) is 0 Å². The molecular formula is C11H19N3O2. The number of aliphatic imine (C=N–C) groups is 1. The molecule has 1 atom stereocenters. The number of nitrogens with zero attached hydrogens (tertiary/aromatic N) is 1. The SMILES string of the molecule is CCCN=C1NC(=O)C(C2CCOCC2)N1. The van der Waals surface area contributed by atoms with Gasteiger partial charge in [-0.1, -0.05) is 6.92 Å². The predicted molar refractivity (Wildman–Crippen MR) is 61.2 cm³/mol. The molecule has 5 heteroatoms. The van der Waals surface area contributed by atoms with Gasteiger partial charge in [0, 0.05) is 19.8 Å². The molecule has 0 saturated carbocycles. The van der Waals surface area contributed by atoms with E-state index in [9.17, 15) is 4.79 Å². The fraction of sp³-hybridized carbons (Fsp3) is 0.818. The summed E-state index contributed by atoms with van der Waals surface area (Å²) in [6, 6.07) is -0.112. The molecule has 2 aliphatic heterocycles. The van der Waals surface area contributed by atoms with Gasteiger partial charge in [0.05, 0.1) is 0 Å². The number of hydrogen-bond acceptors (Lipinski definition) is 3. The van der Waals surface area contributed by atoms with Crippen molar-refractivity contribution in [1.29, 1.82) is 0 Å². The van der Waals surface area contributed by atoms with Gasteiger partial charge in [0.1, 0.15) is 6.04 Å². The Balaban J connectivity index is 1.93. The van der Waals surface area contributed by atoms with Gasteiger partial charge in [-0.05, 0) is 25.2 Å². The van der Waals surface area contributed by atoms with Crippen LogP contribution in [0.3, 0.4) is 0 Å². The molecule has 0 radical (unpaired) electrons. The van der Waals surface area contributed by atoms with Crippen LogP contribution in [-0.2, 0) is 9.53 Å². The van der Waals surface area contributed by atoms with Gasteiger partial charge in [0.25, 0.3) is 0 Å². The molecule has 0 aromatic rings. The second kappa shape index (κ2) is 5.30. The van der Waals surface area contributed by atoms with E-state index in [-0.39, 0.29) is 11.9 Å². The maximum absolute atomic E-state index is 11.8. The Bertz CT molecular complexity index is 285. The van der Waals surface area contributed by atoms with Crippen molar-refractivity contribution in [3.63, 3.8) is 0 Å². The summed E-state index contributed by atoms with van der Waals surface area (Å²) in [7, 11) is 0. The van der Waals surface area contributed by atoms with E-state index in [2.05, 4.69) is 22.5 Å². The van der Waals surface area contributed by atoms with Crippen molar-refractivity contribution in [2.75, 3.05) is 19.8 Å². The summed E-state index contributed by atoms with van der Waals surface area (Å²) in [6.07, 6.45) is 2.89. The average molecular weight is 225 g/mol. The van der Waals surface area contributed by atoms with Crippen molar-refractivity contribution in [1.82, 2.24) is 10.6 Å². The lowest BCUT2D eigenvalue weighted by atomic mass is 9.92. The van der Waals surface area contributed by atoms with Crippen molar-refractivity contribution < 1.29 is 9.53 Å². The highest BCUT2D eigenvalue weighted by atomic mass is 16.5. The lowest BCUT2D eigenvalue weighted by Crippen LogP contribution is -2.39. The van der Waals surface area contributed by atoms with Crippen molar-refractivity contribution >= 4 is 11.9 Å². The van der Waals surface area contributed by atoms with Gasteiger partial charge in [-0.2, -0.15) is 0 Å². The third-order valence-corrected chi connectivity index (χ3v) is 3.05. The van der Waals surface area contributed by atoms with Crippen LogP contribution >= 0.6 is 0 Å². The largest absolute Gasteiger partial charge is 0.381 e. The van der Waals surface area contributed by atoms with Gasteiger partial charge in [0.15, 0.2) is 5.96 Å². The average Bonchev–Trinajstić information content (AvgIpc) is 2.69. The summed E-state index contributed by atoms with van der Waals surface area (Å²) in [4.78, 5) is 16.0. The van der Waals surface area contributed by atoms with Crippen LogP contribution in [0.4, 0.5) is 0 Å². The first kappa shape index (κ1) is 11.4. The fourth-order valence-electron chi connectivity index (χ4n) is 2.13. The number of guanidine groups is 1. The number of amides is 1. The second-order valence-electron chi connectivity index (χ2n) is 4.29. The smallest absolute Gasteiger partial charge is 0.249 e. The summed E-state index contributed by atoms with van der Waals surface area (Å²) in [6.45, 7) is 4.34. The van der Waals surface area contributed by atoms with Crippen molar-refractivity contribution in [3.05, 3.63) is 0 Å². The minimum absolute atomic E-state index is 0.0572. The number of nitrogens with one attached hydrogen (secondary N) is 2. The molecule has 2 saturated heterocycles. The molecule has 0 aromatic heterocycles. The van der Waals surface area contributed by atoms with E-state index < -0.39 is 0 Å². The highest BCUT2D eigenvalue weighted by molar-refractivity contribution is 6.06. The molecule has 16 heavy (non-hydrogen) atoms. The molecule has 2 fully saturated rings. The van der Waals surface area contributed by atoms with E-state index in [4.69, 9.17) is 4.74 Å². The summed E-state index contributed by atoms with van der Waals surface area (Å²) < 4.78 is 5.30. The van der Waals surface area contributed by atoms with E-state index in [0.29, 0.717) is 11.9 Å². The number of rotatable bonds is 3. The summed E-state index contributed by atoms with van der Waals surface area (Å²) in [5, 5.41) is 5.97. The minimum Gasteiger partial charge on any atom is -0.381 e. The van der Waals surface area contributed by atoms with E-state index in [0.717, 1.165) is 39.0 Å². The van der Waals surface area contributed by atoms with Crippen LogP contribution in [0.5, 0.6) is 0 Å². The van der Waals surface area contributed by atoms with Gasteiger partial charge in [-0.25, -0.2) is 0 Å². The zero-order chi connectivity index (χ0) is 11.4. The molecule has 0 aliphatic carbocycles. The van der Waals surface area contributed by atoms with Crippen LogP contribution < -0.4 is 10.6 Å². The Hall–Kier alpha value is -1.10. The van der Waals surface area contributed by atoms with E-state index in [1.54, 1.807) is 0 Å². The first-order chi connectivity index (χ1) is 7.81. The second-order valence-corrected chi connectivity index (χ2v) is 4.29. The van der Waals surface area contributed by atoms with E-state index >= 15 is 0 Å². The quantitative estimate of drug-likeness (QED) is 0.724. The third kappa shape index (κ3) is 2.52. The zero-order valence-corrected chi connectivity index (χ0v) is 9.66. The molecule has 1 unspecified atom stereocenters. The van der Waals surface area contributed by atoms with Crippen LogP contribution in [0.25, 0.3) is 0 Å². The van der Waals surface area contributed by atoms with Gasteiger partial charge in [-0.15, -0.1) is 0 Å². The number of ether oxygens (including phenoxy) is 1. The van der Waals surface area contributed by atoms with Crippen molar-refractivity contribution in [3.8, 4) is 0 Å². The summed E-state index contributed by atoms with van der Waals surface area (Å²) in [5.41, 5.74) is 0. The van der Waals surface area contributed by atoms with Gasteiger partial charge >= 0.3 is 0 Å². The number of hydrogen-bond donors (Lipinski definition) is 2. The molecule has 5 nitrogen and oxygen atoms in total. The predicted octanol–water partition coefficient (Wildman–Crippen LogP) is 0.267. The van der Waals surface area contributed by atoms with Crippen LogP contribution in [0.2, 0.25) is 0 Å². The molecule has 2 rings (SSSR count). The standard InChI is InChI=1S/C11H19N3O2/c1-2-5-12-11-13-9(10(15)14-11)8-3-6-16-7-4-8/h8-9H,2-7H2,1H3,(H2,12,13,14,15). The maximum Gasteiger partial charge on any atom is 0.249 e. The fourth-order valence-corrected chi connectivity index (χ4v) is 2.13. The normalized spacial score (nSPS) is 29.2. The molecule has 1 amide bonds. The lowest BCUT2D eigenvalue weighted by Gasteiger charge is -2.25. The Morgan fingerprint density at radius 3 is 2.88 bits per heavy atom. The first-order valence-corrected chi connectivity index (χ1v) is 6.01. The van der Waals surface area contributed by atoms with Crippen LogP contribution in [0.1, 0.15) is 26.2 Å². The molecule has 0 aromatic carbocycles. The highest BCUT2D eigenvalue weighted by Gasteiger charge is 2.35. The minimum atomic E-state index is -0.112. The highest BCUT2D eigenvalue weighted by Crippen LogP contribution is 2.20. The molecule has 2 aliphatic rings. The summed E-state index contributed by atoms with van der Waals surface area (Å²) >= 11 is 0. The molecule has 0 spiro atoms. The van der Waals surface area contributed by atoms with Crippen LogP contribution in [-0.4, -0.2) is 37.7 Å². The number of carbonyl (C=O) groups is 1. The van der Waals surface area contributed by atoms with Crippen LogP contribution in [0, 0.1) is 5.92 Å². The first-order valence-electron chi connectivity index (χ1n) is 6.01. The Morgan fingerprint density at radius 2 is 2.19 bits per heavy atom. The third-order valence-electron chi connectivity index (χ3n) is 3.05. The Morgan fingerprint density at radius 1 is 1.44 bits per heavy atom. The van der Waals surface area contributed by atoms with Crippen molar-refractivity contribution in [2.24, 2.45) is 10.9 Å². The summed E-state index contributed by atoms with van der Waals surface area (Å²) in [5.74, 6) is 1.08. The van der Waals surface area contributed by atoms with Gasteiger partial charge in [0.2, 0.25) is 5.91 Å². The Labute approximate surface area is 95.6 Å². The maximum atomic E-state index is 11.8. The molecule has 0 bridgehead atoms. The molecule has 90 valence electrons. The molecule has 2 N–H and O–H groups in total.